The molecule has 1 amide bonds. The van der Waals surface area contributed by atoms with Gasteiger partial charge in [-0.05, 0) is 19.3 Å². The lowest BCUT2D eigenvalue weighted by Crippen LogP contribution is -2.42. The van der Waals surface area contributed by atoms with Crippen molar-refractivity contribution >= 4 is 5.91 Å². The number of hydrogen-bond acceptors (Lipinski definition) is 4. The number of rotatable bonds is 5. The third kappa shape index (κ3) is 3.32. The second-order valence-electron chi connectivity index (χ2n) is 5.45. The number of carbonyl (C=O) groups is 1. The van der Waals surface area contributed by atoms with E-state index in [0.29, 0.717) is 6.54 Å². The second kappa shape index (κ2) is 5.69. The minimum atomic E-state index is -0.729. The molecule has 6 nitrogen and oxygen atoms in total. The molecule has 0 aromatic carbocycles. The van der Waals surface area contributed by atoms with Crippen LogP contribution in [0.3, 0.4) is 0 Å². The molecule has 6 heteroatoms. The molecule has 1 saturated carbocycles. The van der Waals surface area contributed by atoms with E-state index in [1.54, 1.807) is 7.05 Å². The minimum absolute atomic E-state index is 0.188. The standard InChI is InChI=1S/C13H22N4O2/c1-3-6-10-14-11(16-15-10)12(18)17(2)9-13(19)7-4-5-8-13/h19H,3-9H2,1-2H3,(H,14,15,16). The van der Waals surface area contributed by atoms with Gasteiger partial charge in [0.1, 0.15) is 5.82 Å². The zero-order chi connectivity index (χ0) is 13.9. The average molecular weight is 266 g/mol. The fourth-order valence-corrected chi connectivity index (χ4v) is 2.61. The van der Waals surface area contributed by atoms with E-state index in [1.807, 2.05) is 6.92 Å². The van der Waals surface area contributed by atoms with Gasteiger partial charge in [-0.2, -0.15) is 0 Å². The highest BCUT2D eigenvalue weighted by molar-refractivity contribution is 5.90. The van der Waals surface area contributed by atoms with Gasteiger partial charge in [-0.1, -0.05) is 19.8 Å². The summed E-state index contributed by atoms with van der Waals surface area (Å²) in [5.41, 5.74) is -0.729. The summed E-state index contributed by atoms with van der Waals surface area (Å²) in [7, 11) is 1.69. The Labute approximate surface area is 113 Å². The summed E-state index contributed by atoms with van der Waals surface area (Å²) >= 11 is 0. The summed E-state index contributed by atoms with van der Waals surface area (Å²) in [4.78, 5) is 17.9. The van der Waals surface area contributed by atoms with Gasteiger partial charge < -0.3 is 10.0 Å². The zero-order valence-corrected chi connectivity index (χ0v) is 11.6. The molecule has 1 heterocycles. The third-order valence-electron chi connectivity index (χ3n) is 3.62. The van der Waals surface area contributed by atoms with Crippen LogP contribution in [0.5, 0.6) is 0 Å². The normalized spacial score (nSPS) is 17.6. The highest BCUT2D eigenvalue weighted by Crippen LogP contribution is 2.30. The van der Waals surface area contributed by atoms with Crippen molar-refractivity contribution in [2.45, 2.75) is 51.0 Å². The number of H-pyrrole nitrogens is 1. The number of nitrogens with zero attached hydrogens (tertiary/aromatic N) is 3. The van der Waals surface area contributed by atoms with E-state index in [2.05, 4.69) is 15.2 Å². The van der Waals surface area contributed by atoms with Gasteiger partial charge in [-0.3, -0.25) is 9.89 Å². The number of likely N-dealkylation sites (N-methyl/N-ethyl adjacent to an activating group) is 1. The maximum atomic E-state index is 12.2. The zero-order valence-electron chi connectivity index (χ0n) is 11.6. The van der Waals surface area contributed by atoms with Crippen molar-refractivity contribution < 1.29 is 9.90 Å². The Balaban J connectivity index is 1.97. The molecule has 2 rings (SSSR count). The van der Waals surface area contributed by atoms with Crippen molar-refractivity contribution in [2.75, 3.05) is 13.6 Å². The minimum Gasteiger partial charge on any atom is -0.388 e. The first-order chi connectivity index (χ1) is 9.04. The fraction of sp³-hybridized carbons (Fsp3) is 0.769. The number of hydrogen-bond donors (Lipinski definition) is 2. The van der Waals surface area contributed by atoms with E-state index in [9.17, 15) is 9.90 Å². The van der Waals surface area contributed by atoms with Crippen LogP contribution >= 0.6 is 0 Å². The van der Waals surface area contributed by atoms with Gasteiger partial charge in [-0.25, -0.2) is 4.98 Å². The topological polar surface area (TPSA) is 82.1 Å². The van der Waals surface area contributed by atoms with E-state index in [1.165, 1.54) is 4.90 Å². The van der Waals surface area contributed by atoms with E-state index in [-0.39, 0.29) is 11.7 Å². The molecular formula is C13H22N4O2. The monoisotopic (exact) mass is 266 g/mol. The van der Waals surface area contributed by atoms with Crippen LogP contribution in [0, 0.1) is 0 Å². The Morgan fingerprint density at radius 1 is 1.47 bits per heavy atom. The molecule has 1 aliphatic carbocycles. The van der Waals surface area contributed by atoms with Gasteiger partial charge in [0.05, 0.1) is 5.60 Å². The average Bonchev–Trinajstić information content (AvgIpc) is 2.98. The molecule has 1 fully saturated rings. The van der Waals surface area contributed by atoms with Gasteiger partial charge in [-0.15, -0.1) is 5.10 Å². The molecule has 0 spiro atoms. The van der Waals surface area contributed by atoms with E-state index >= 15 is 0 Å². The Hall–Kier alpha value is -1.43. The Morgan fingerprint density at radius 2 is 2.16 bits per heavy atom. The predicted molar refractivity (Wildman–Crippen MR) is 70.8 cm³/mol. The molecular weight excluding hydrogens is 244 g/mol. The molecule has 0 unspecified atom stereocenters. The van der Waals surface area contributed by atoms with Crippen LogP contribution in [-0.4, -0.2) is 50.3 Å². The van der Waals surface area contributed by atoms with Crippen LogP contribution in [0.1, 0.15) is 55.5 Å². The number of aliphatic hydroxyl groups is 1. The molecule has 19 heavy (non-hydrogen) atoms. The summed E-state index contributed by atoms with van der Waals surface area (Å²) < 4.78 is 0. The summed E-state index contributed by atoms with van der Waals surface area (Å²) in [6, 6.07) is 0. The van der Waals surface area contributed by atoms with Crippen LogP contribution in [0.25, 0.3) is 0 Å². The number of carbonyl (C=O) groups excluding carboxylic acids is 1. The summed E-state index contributed by atoms with van der Waals surface area (Å²) in [5.74, 6) is 0.685. The molecule has 1 aromatic rings. The molecule has 0 saturated heterocycles. The molecule has 106 valence electrons. The SMILES string of the molecule is CCCc1nc(C(=O)N(C)CC2(O)CCCC2)n[nH]1. The molecule has 0 atom stereocenters. The van der Waals surface area contributed by atoms with Gasteiger partial charge in [0, 0.05) is 20.0 Å². The number of aromatic nitrogens is 3. The third-order valence-corrected chi connectivity index (χ3v) is 3.62. The van der Waals surface area contributed by atoms with Crippen LogP contribution in [0.15, 0.2) is 0 Å². The summed E-state index contributed by atoms with van der Waals surface area (Å²) in [6.45, 7) is 2.40. The van der Waals surface area contributed by atoms with E-state index in [4.69, 9.17) is 0 Å². The first kappa shape index (κ1) is 14.0. The highest BCUT2D eigenvalue weighted by Gasteiger charge is 2.34. The lowest BCUT2D eigenvalue weighted by molar-refractivity contribution is 0.0153. The van der Waals surface area contributed by atoms with Crippen LogP contribution in [0.4, 0.5) is 0 Å². The lowest BCUT2D eigenvalue weighted by atomic mass is 10.0. The number of aromatic amines is 1. The fourth-order valence-electron chi connectivity index (χ4n) is 2.61. The molecule has 1 aliphatic rings. The van der Waals surface area contributed by atoms with Crippen molar-refractivity contribution in [2.24, 2.45) is 0 Å². The van der Waals surface area contributed by atoms with Crippen molar-refractivity contribution in [3.8, 4) is 0 Å². The lowest BCUT2D eigenvalue weighted by Gasteiger charge is -2.27. The maximum absolute atomic E-state index is 12.2. The highest BCUT2D eigenvalue weighted by atomic mass is 16.3. The van der Waals surface area contributed by atoms with Crippen molar-refractivity contribution in [3.05, 3.63) is 11.6 Å². The largest absolute Gasteiger partial charge is 0.388 e. The van der Waals surface area contributed by atoms with Gasteiger partial charge in [0.25, 0.3) is 5.91 Å². The van der Waals surface area contributed by atoms with Crippen molar-refractivity contribution in [3.63, 3.8) is 0 Å². The summed E-state index contributed by atoms with van der Waals surface area (Å²) in [6.07, 6.45) is 5.32. The van der Waals surface area contributed by atoms with Crippen molar-refractivity contribution in [1.29, 1.82) is 0 Å². The Bertz CT molecular complexity index is 438. The molecule has 1 aromatic heterocycles. The summed E-state index contributed by atoms with van der Waals surface area (Å²) in [5, 5.41) is 17.0. The number of amides is 1. The second-order valence-corrected chi connectivity index (χ2v) is 5.45. The van der Waals surface area contributed by atoms with E-state index < -0.39 is 5.60 Å². The smallest absolute Gasteiger partial charge is 0.293 e. The van der Waals surface area contributed by atoms with Crippen molar-refractivity contribution in [1.82, 2.24) is 20.1 Å². The molecule has 0 aliphatic heterocycles. The first-order valence-electron chi connectivity index (χ1n) is 6.93. The molecule has 2 N–H and O–H groups in total. The number of nitrogens with one attached hydrogen (secondary N) is 1. The van der Waals surface area contributed by atoms with Crippen LogP contribution < -0.4 is 0 Å². The quantitative estimate of drug-likeness (QED) is 0.837. The van der Waals surface area contributed by atoms with Gasteiger partial charge in [0.15, 0.2) is 0 Å². The molecule has 0 radical (unpaired) electrons. The maximum Gasteiger partial charge on any atom is 0.293 e. The Kier molecular flexibility index (Phi) is 4.19. The van der Waals surface area contributed by atoms with Gasteiger partial charge >= 0.3 is 0 Å². The first-order valence-corrected chi connectivity index (χ1v) is 6.93. The number of aryl methyl sites for hydroxylation is 1. The van der Waals surface area contributed by atoms with Crippen LogP contribution in [-0.2, 0) is 6.42 Å². The Morgan fingerprint density at radius 3 is 2.79 bits per heavy atom. The van der Waals surface area contributed by atoms with E-state index in [0.717, 1.165) is 44.3 Å². The molecule has 0 bridgehead atoms. The van der Waals surface area contributed by atoms with Crippen LogP contribution in [0.2, 0.25) is 0 Å². The predicted octanol–water partition coefficient (Wildman–Crippen LogP) is 1.13. The van der Waals surface area contributed by atoms with Gasteiger partial charge in [0.2, 0.25) is 5.82 Å².